The van der Waals surface area contributed by atoms with Gasteiger partial charge in [-0.3, -0.25) is 9.59 Å². The lowest BCUT2D eigenvalue weighted by Gasteiger charge is -2.17. The molecule has 0 saturated heterocycles. The van der Waals surface area contributed by atoms with Crippen molar-refractivity contribution < 1.29 is 19.4 Å². The summed E-state index contributed by atoms with van der Waals surface area (Å²) in [6.45, 7) is 1.52. The summed E-state index contributed by atoms with van der Waals surface area (Å²) in [5.41, 5.74) is 0.506. The number of benzene rings is 1. The van der Waals surface area contributed by atoms with E-state index in [1.54, 1.807) is 24.3 Å². The van der Waals surface area contributed by atoms with E-state index in [1.165, 1.54) is 14.0 Å². The molecule has 2 N–H and O–H groups in total. The van der Waals surface area contributed by atoms with E-state index in [2.05, 4.69) is 10.1 Å². The molecule has 18 heavy (non-hydrogen) atoms. The molecule has 2 atom stereocenters. The normalized spacial score (nSPS) is 13.5. The highest BCUT2D eigenvalue weighted by molar-refractivity contribution is 5.94. The zero-order valence-electron chi connectivity index (χ0n) is 10.4. The molecule has 1 amide bonds. The average Bonchev–Trinajstić information content (AvgIpc) is 2.39. The highest BCUT2D eigenvalue weighted by atomic mass is 16.5. The minimum atomic E-state index is -0.881. The van der Waals surface area contributed by atoms with E-state index >= 15 is 0 Å². The minimum absolute atomic E-state index is 0.0397. The second-order valence-electron chi connectivity index (χ2n) is 3.95. The summed E-state index contributed by atoms with van der Waals surface area (Å²) in [4.78, 5) is 23.1. The van der Waals surface area contributed by atoms with Crippen LogP contribution in [0.4, 0.5) is 0 Å². The van der Waals surface area contributed by atoms with Crippen LogP contribution in [0.25, 0.3) is 0 Å². The van der Waals surface area contributed by atoms with E-state index in [9.17, 15) is 14.7 Å². The molecule has 0 aliphatic carbocycles. The summed E-state index contributed by atoms with van der Waals surface area (Å²) in [7, 11) is 1.25. The molecule has 0 fully saturated rings. The van der Waals surface area contributed by atoms with Gasteiger partial charge in [0.05, 0.1) is 19.1 Å². The first-order chi connectivity index (χ1) is 8.56. The van der Waals surface area contributed by atoms with Crippen LogP contribution in [0.2, 0.25) is 0 Å². The maximum atomic E-state index is 11.7. The zero-order valence-corrected chi connectivity index (χ0v) is 10.4. The molecule has 0 aliphatic heterocycles. The van der Waals surface area contributed by atoms with Crippen molar-refractivity contribution in [2.75, 3.05) is 13.7 Å². The lowest BCUT2D eigenvalue weighted by Crippen LogP contribution is -2.39. The number of aliphatic hydroxyl groups is 1. The van der Waals surface area contributed by atoms with E-state index in [4.69, 9.17) is 0 Å². The monoisotopic (exact) mass is 251 g/mol. The number of carbonyl (C=O) groups is 2. The summed E-state index contributed by atoms with van der Waals surface area (Å²) in [5.74, 6) is -1.59. The molecule has 0 bridgehead atoms. The van der Waals surface area contributed by atoms with Crippen molar-refractivity contribution in [1.29, 1.82) is 0 Å². The number of ether oxygens (including phenoxy) is 1. The van der Waals surface area contributed by atoms with Crippen LogP contribution in [-0.4, -0.2) is 36.7 Å². The van der Waals surface area contributed by atoms with Crippen molar-refractivity contribution in [2.24, 2.45) is 5.92 Å². The Kier molecular flexibility index (Phi) is 5.32. The maximum Gasteiger partial charge on any atom is 0.313 e. The lowest BCUT2D eigenvalue weighted by atomic mass is 10.0. The fourth-order valence-corrected chi connectivity index (χ4v) is 1.50. The quantitative estimate of drug-likeness (QED) is 0.751. The molecule has 0 spiro atoms. The number of esters is 1. The van der Waals surface area contributed by atoms with Gasteiger partial charge in [-0.05, 0) is 19.1 Å². The van der Waals surface area contributed by atoms with Gasteiger partial charge in [-0.1, -0.05) is 18.2 Å². The molecule has 5 nitrogen and oxygen atoms in total. The highest BCUT2D eigenvalue weighted by Gasteiger charge is 2.25. The molecule has 0 aromatic heterocycles. The van der Waals surface area contributed by atoms with Crippen LogP contribution in [0.5, 0.6) is 0 Å². The molecule has 1 rings (SSSR count). The van der Waals surface area contributed by atoms with Crippen LogP contribution >= 0.6 is 0 Å². The van der Waals surface area contributed by atoms with Crippen LogP contribution in [-0.2, 0) is 9.53 Å². The van der Waals surface area contributed by atoms with E-state index in [0.717, 1.165) is 0 Å². The largest absolute Gasteiger partial charge is 0.469 e. The summed E-state index contributed by atoms with van der Waals surface area (Å²) in [5, 5.41) is 12.0. The number of amides is 1. The third-order valence-corrected chi connectivity index (χ3v) is 2.60. The van der Waals surface area contributed by atoms with Crippen molar-refractivity contribution in [3.05, 3.63) is 35.9 Å². The first-order valence-corrected chi connectivity index (χ1v) is 5.65. The smallest absolute Gasteiger partial charge is 0.313 e. The molecule has 0 unspecified atom stereocenters. The third kappa shape index (κ3) is 3.85. The number of aliphatic hydroxyl groups excluding tert-OH is 1. The summed E-state index contributed by atoms with van der Waals surface area (Å²) >= 11 is 0. The molecule has 5 heteroatoms. The Labute approximate surface area is 106 Å². The number of methoxy groups -OCH3 is 1. The SMILES string of the molecule is COC(=O)[C@@H](CNC(=O)c1ccccc1)[C@H](C)O. The van der Waals surface area contributed by atoms with Crippen LogP contribution in [0, 0.1) is 5.92 Å². The maximum absolute atomic E-state index is 11.7. The Morgan fingerprint density at radius 1 is 1.33 bits per heavy atom. The molecule has 0 saturated carbocycles. The molecule has 0 heterocycles. The lowest BCUT2D eigenvalue weighted by molar-refractivity contribution is -0.148. The molecule has 1 aromatic rings. The van der Waals surface area contributed by atoms with Crippen LogP contribution < -0.4 is 5.32 Å². The Morgan fingerprint density at radius 2 is 1.94 bits per heavy atom. The minimum Gasteiger partial charge on any atom is -0.469 e. The van der Waals surface area contributed by atoms with Gasteiger partial charge >= 0.3 is 5.97 Å². The number of nitrogens with one attached hydrogen (secondary N) is 1. The van der Waals surface area contributed by atoms with Crippen LogP contribution in [0.1, 0.15) is 17.3 Å². The van der Waals surface area contributed by atoms with Gasteiger partial charge in [0.15, 0.2) is 0 Å². The first kappa shape index (κ1) is 14.2. The summed E-state index contributed by atoms with van der Waals surface area (Å²) in [6.07, 6.45) is -0.881. The van der Waals surface area contributed by atoms with E-state index in [1.807, 2.05) is 6.07 Å². The van der Waals surface area contributed by atoms with Gasteiger partial charge in [-0.15, -0.1) is 0 Å². The van der Waals surface area contributed by atoms with E-state index < -0.39 is 18.0 Å². The number of carbonyl (C=O) groups excluding carboxylic acids is 2. The Balaban J connectivity index is 2.58. The van der Waals surface area contributed by atoms with Gasteiger partial charge < -0.3 is 15.2 Å². The molecule has 98 valence electrons. The highest BCUT2D eigenvalue weighted by Crippen LogP contribution is 2.05. The average molecular weight is 251 g/mol. The standard InChI is InChI=1S/C13H17NO4/c1-9(15)11(13(17)18-2)8-14-12(16)10-6-4-3-5-7-10/h3-7,9,11,15H,8H2,1-2H3,(H,14,16)/t9-,11-/m0/s1. The molecular formula is C13H17NO4. The van der Waals surface area contributed by atoms with Gasteiger partial charge in [0.2, 0.25) is 0 Å². The van der Waals surface area contributed by atoms with Crippen molar-refractivity contribution in [3.8, 4) is 0 Å². The molecular weight excluding hydrogens is 234 g/mol. The summed E-state index contributed by atoms with van der Waals surface area (Å²) in [6, 6.07) is 8.66. The second kappa shape index (κ2) is 6.76. The van der Waals surface area contributed by atoms with Gasteiger partial charge in [0.25, 0.3) is 5.91 Å². The Bertz CT molecular complexity index is 403. The molecule has 0 radical (unpaired) electrons. The summed E-state index contributed by atoms with van der Waals surface area (Å²) < 4.78 is 4.56. The van der Waals surface area contributed by atoms with Gasteiger partial charge in [-0.25, -0.2) is 0 Å². The van der Waals surface area contributed by atoms with Gasteiger partial charge in [0, 0.05) is 12.1 Å². The zero-order chi connectivity index (χ0) is 13.5. The predicted molar refractivity (Wildman–Crippen MR) is 66.0 cm³/mol. The van der Waals surface area contributed by atoms with Crippen LogP contribution in [0.15, 0.2) is 30.3 Å². The number of hydrogen-bond acceptors (Lipinski definition) is 4. The van der Waals surface area contributed by atoms with Crippen molar-refractivity contribution in [1.82, 2.24) is 5.32 Å². The number of rotatable bonds is 5. The number of hydrogen-bond donors (Lipinski definition) is 2. The fraction of sp³-hybridized carbons (Fsp3) is 0.385. The van der Waals surface area contributed by atoms with Gasteiger partial charge in [-0.2, -0.15) is 0 Å². The fourth-order valence-electron chi connectivity index (χ4n) is 1.50. The first-order valence-electron chi connectivity index (χ1n) is 5.65. The topological polar surface area (TPSA) is 75.6 Å². The second-order valence-corrected chi connectivity index (χ2v) is 3.95. The van der Waals surface area contributed by atoms with E-state index in [0.29, 0.717) is 5.56 Å². The van der Waals surface area contributed by atoms with E-state index in [-0.39, 0.29) is 12.5 Å². The third-order valence-electron chi connectivity index (χ3n) is 2.60. The predicted octanol–water partition coefficient (Wildman–Crippen LogP) is 0.586. The van der Waals surface area contributed by atoms with Gasteiger partial charge in [0.1, 0.15) is 0 Å². The Morgan fingerprint density at radius 3 is 2.44 bits per heavy atom. The Hall–Kier alpha value is -1.88. The van der Waals surface area contributed by atoms with Crippen molar-refractivity contribution >= 4 is 11.9 Å². The van der Waals surface area contributed by atoms with Crippen molar-refractivity contribution in [3.63, 3.8) is 0 Å². The molecule has 1 aromatic carbocycles. The van der Waals surface area contributed by atoms with Crippen LogP contribution in [0.3, 0.4) is 0 Å². The van der Waals surface area contributed by atoms with Crippen molar-refractivity contribution in [2.45, 2.75) is 13.0 Å². The molecule has 0 aliphatic rings.